The van der Waals surface area contributed by atoms with Crippen LogP contribution in [0.1, 0.15) is 22.3 Å². The van der Waals surface area contributed by atoms with Crippen LogP contribution in [0.25, 0.3) is 0 Å². The molecule has 1 aromatic heterocycles. The van der Waals surface area contributed by atoms with E-state index in [2.05, 4.69) is 46.1 Å². The van der Waals surface area contributed by atoms with Gasteiger partial charge in [-0.25, -0.2) is 0 Å². The molecular weight excluding hydrogens is 324 g/mol. The maximum atomic E-state index is 12.4. The van der Waals surface area contributed by atoms with Crippen molar-refractivity contribution in [3.63, 3.8) is 0 Å². The fourth-order valence-corrected chi connectivity index (χ4v) is 3.35. The molecule has 0 bridgehead atoms. The van der Waals surface area contributed by atoms with Crippen LogP contribution in [0.4, 0.5) is 5.69 Å². The molecule has 0 atom stereocenters. The molecular formula is C21H28N4O. The number of aryl methyl sites for hydroxylation is 2. The van der Waals surface area contributed by atoms with Crippen LogP contribution in [-0.2, 0) is 11.3 Å². The van der Waals surface area contributed by atoms with Crippen molar-refractivity contribution >= 4 is 11.6 Å². The summed E-state index contributed by atoms with van der Waals surface area (Å²) in [6, 6.07) is 8.20. The van der Waals surface area contributed by atoms with Crippen LogP contribution in [0.5, 0.6) is 0 Å². The minimum absolute atomic E-state index is 0.0648. The molecule has 1 amide bonds. The highest BCUT2D eigenvalue weighted by molar-refractivity contribution is 5.93. The number of aromatic nitrogens is 1. The number of benzene rings is 1. The SMILES string of the molecule is Cc1cncc(CN2CCN(CC(=O)Nc3cccc(C)c3C)CC2)c1. The lowest BCUT2D eigenvalue weighted by Gasteiger charge is -2.34. The van der Waals surface area contributed by atoms with Crippen molar-refractivity contribution < 1.29 is 4.79 Å². The molecule has 1 saturated heterocycles. The van der Waals surface area contributed by atoms with Crippen LogP contribution in [0.2, 0.25) is 0 Å². The molecule has 0 aliphatic carbocycles. The van der Waals surface area contributed by atoms with E-state index in [-0.39, 0.29) is 5.91 Å². The van der Waals surface area contributed by atoms with Gasteiger partial charge in [0.25, 0.3) is 0 Å². The summed E-state index contributed by atoms with van der Waals surface area (Å²) in [6.07, 6.45) is 3.83. The highest BCUT2D eigenvalue weighted by Gasteiger charge is 2.19. The van der Waals surface area contributed by atoms with E-state index >= 15 is 0 Å². The number of rotatable bonds is 5. The molecule has 0 saturated carbocycles. The van der Waals surface area contributed by atoms with Gasteiger partial charge in [0.15, 0.2) is 0 Å². The summed E-state index contributed by atoms with van der Waals surface area (Å²) in [4.78, 5) is 21.3. The van der Waals surface area contributed by atoms with Gasteiger partial charge in [0.05, 0.1) is 6.54 Å². The van der Waals surface area contributed by atoms with E-state index in [9.17, 15) is 4.79 Å². The fraction of sp³-hybridized carbons (Fsp3) is 0.429. The number of carbonyl (C=O) groups is 1. The van der Waals surface area contributed by atoms with Crippen molar-refractivity contribution in [2.45, 2.75) is 27.3 Å². The monoisotopic (exact) mass is 352 g/mol. The first-order chi connectivity index (χ1) is 12.5. The number of amides is 1. The van der Waals surface area contributed by atoms with Crippen molar-refractivity contribution in [2.75, 3.05) is 38.0 Å². The smallest absolute Gasteiger partial charge is 0.238 e. The fourth-order valence-electron chi connectivity index (χ4n) is 3.35. The molecule has 0 spiro atoms. The predicted molar refractivity (Wildman–Crippen MR) is 105 cm³/mol. The van der Waals surface area contributed by atoms with Gasteiger partial charge in [-0.3, -0.25) is 19.6 Å². The number of hydrogen-bond donors (Lipinski definition) is 1. The Balaban J connectivity index is 1.46. The number of pyridine rings is 1. The normalized spacial score (nSPS) is 15.8. The Kier molecular flexibility index (Phi) is 6.01. The second-order valence-corrected chi connectivity index (χ2v) is 7.22. The van der Waals surface area contributed by atoms with E-state index < -0.39 is 0 Å². The Hall–Kier alpha value is -2.24. The van der Waals surface area contributed by atoms with Crippen LogP contribution < -0.4 is 5.32 Å². The lowest BCUT2D eigenvalue weighted by Crippen LogP contribution is -2.48. The van der Waals surface area contributed by atoms with Gasteiger partial charge in [0.1, 0.15) is 0 Å². The molecule has 0 radical (unpaired) electrons. The standard InChI is InChI=1S/C21H28N4O/c1-16-11-19(13-22-12-16)14-24-7-9-25(10-8-24)15-21(26)23-20-6-4-5-17(2)18(20)3/h4-6,11-13H,7-10,14-15H2,1-3H3,(H,23,26). The number of carbonyl (C=O) groups excluding carboxylic acids is 1. The average Bonchev–Trinajstić information content (AvgIpc) is 2.61. The maximum Gasteiger partial charge on any atom is 0.238 e. The van der Waals surface area contributed by atoms with Gasteiger partial charge in [0, 0.05) is 50.8 Å². The zero-order valence-corrected chi connectivity index (χ0v) is 16.0. The van der Waals surface area contributed by atoms with Gasteiger partial charge in [-0.15, -0.1) is 0 Å². The molecule has 1 aliphatic rings. The topological polar surface area (TPSA) is 48.5 Å². The summed E-state index contributed by atoms with van der Waals surface area (Å²) in [5.41, 5.74) is 5.70. The highest BCUT2D eigenvalue weighted by Crippen LogP contribution is 2.18. The van der Waals surface area contributed by atoms with Gasteiger partial charge in [0.2, 0.25) is 5.91 Å². The summed E-state index contributed by atoms with van der Waals surface area (Å²) in [5.74, 6) is 0.0648. The lowest BCUT2D eigenvalue weighted by molar-refractivity contribution is -0.117. The van der Waals surface area contributed by atoms with Crippen LogP contribution in [-0.4, -0.2) is 53.4 Å². The molecule has 5 nitrogen and oxygen atoms in total. The molecule has 2 heterocycles. The van der Waals surface area contributed by atoms with E-state index in [0.717, 1.165) is 44.0 Å². The van der Waals surface area contributed by atoms with E-state index in [1.165, 1.54) is 16.7 Å². The highest BCUT2D eigenvalue weighted by atomic mass is 16.2. The first-order valence-electron chi connectivity index (χ1n) is 9.22. The van der Waals surface area contributed by atoms with Crippen molar-refractivity contribution in [1.29, 1.82) is 0 Å². The molecule has 1 N–H and O–H groups in total. The summed E-state index contributed by atoms with van der Waals surface area (Å²) in [6.45, 7) is 11.3. The number of nitrogens with one attached hydrogen (secondary N) is 1. The second-order valence-electron chi connectivity index (χ2n) is 7.22. The summed E-state index contributed by atoms with van der Waals surface area (Å²) in [7, 11) is 0. The van der Waals surface area contributed by atoms with Crippen molar-refractivity contribution in [2.24, 2.45) is 0 Å². The number of piperazine rings is 1. The largest absolute Gasteiger partial charge is 0.325 e. The Bertz CT molecular complexity index is 766. The van der Waals surface area contributed by atoms with E-state index in [1.54, 1.807) is 0 Å². The molecule has 26 heavy (non-hydrogen) atoms. The van der Waals surface area contributed by atoms with Gasteiger partial charge in [-0.05, 0) is 49.1 Å². The summed E-state index contributed by atoms with van der Waals surface area (Å²) < 4.78 is 0. The first kappa shape index (κ1) is 18.5. The molecule has 1 aliphatic heterocycles. The van der Waals surface area contributed by atoms with Gasteiger partial charge < -0.3 is 5.32 Å². The van der Waals surface area contributed by atoms with Gasteiger partial charge >= 0.3 is 0 Å². The van der Waals surface area contributed by atoms with E-state index in [1.807, 2.05) is 31.5 Å². The third-order valence-electron chi connectivity index (χ3n) is 5.05. The Morgan fingerprint density at radius 2 is 1.81 bits per heavy atom. The van der Waals surface area contributed by atoms with Crippen molar-refractivity contribution in [1.82, 2.24) is 14.8 Å². The molecule has 3 rings (SSSR count). The molecule has 138 valence electrons. The van der Waals surface area contributed by atoms with Crippen LogP contribution >= 0.6 is 0 Å². The van der Waals surface area contributed by atoms with Crippen molar-refractivity contribution in [3.05, 3.63) is 58.9 Å². The third kappa shape index (κ3) is 4.90. The second kappa shape index (κ2) is 8.43. The van der Waals surface area contributed by atoms with Crippen molar-refractivity contribution in [3.8, 4) is 0 Å². The van der Waals surface area contributed by atoms with E-state index in [0.29, 0.717) is 6.54 Å². The van der Waals surface area contributed by atoms with Gasteiger partial charge in [-0.1, -0.05) is 18.2 Å². The number of nitrogens with zero attached hydrogens (tertiary/aromatic N) is 3. The number of hydrogen-bond acceptors (Lipinski definition) is 4. The molecule has 5 heteroatoms. The quantitative estimate of drug-likeness (QED) is 0.899. The van der Waals surface area contributed by atoms with Crippen LogP contribution in [0.3, 0.4) is 0 Å². The lowest BCUT2D eigenvalue weighted by atomic mass is 10.1. The minimum Gasteiger partial charge on any atom is -0.325 e. The van der Waals surface area contributed by atoms with Crippen LogP contribution in [0.15, 0.2) is 36.7 Å². The molecule has 1 aromatic carbocycles. The molecule has 2 aromatic rings. The predicted octanol–water partition coefficient (Wildman–Crippen LogP) is 2.76. The third-order valence-corrected chi connectivity index (χ3v) is 5.05. The maximum absolute atomic E-state index is 12.4. The molecule has 0 unspecified atom stereocenters. The summed E-state index contributed by atoms with van der Waals surface area (Å²) in [5, 5.41) is 3.05. The van der Waals surface area contributed by atoms with Crippen LogP contribution in [0, 0.1) is 20.8 Å². The Morgan fingerprint density at radius 3 is 2.54 bits per heavy atom. The summed E-state index contributed by atoms with van der Waals surface area (Å²) >= 11 is 0. The zero-order valence-electron chi connectivity index (χ0n) is 16.0. The average molecular weight is 352 g/mol. The zero-order chi connectivity index (χ0) is 18.5. The van der Waals surface area contributed by atoms with Gasteiger partial charge in [-0.2, -0.15) is 0 Å². The first-order valence-corrected chi connectivity index (χ1v) is 9.22. The van der Waals surface area contributed by atoms with E-state index in [4.69, 9.17) is 0 Å². The Labute approximate surface area is 156 Å². The molecule has 1 fully saturated rings. The number of anilines is 1. The Morgan fingerprint density at radius 1 is 1.08 bits per heavy atom. The minimum atomic E-state index is 0.0648.